The molecule has 0 aliphatic heterocycles. The first-order chi connectivity index (χ1) is 8.53. The highest BCUT2D eigenvalue weighted by atomic mass is 16.5. The topological polar surface area (TPSA) is 52.6 Å². The number of hydrogen-bond donors (Lipinski definition) is 0. The Hall–Kier alpha value is -1.58. The van der Waals surface area contributed by atoms with Gasteiger partial charge in [-0.1, -0.05) is 26.5 Å². The van der Waals surface area contributed by atoms with Crippen molar-refractivity contribution in [2.75, 3.05) is 0 Å². The normalized spacial score (nSPS) is 13.2. The summed E-state index contributed by atoms with van der Waals surface area (Å²) in [4.78, 5) is 22.1. The highest BCUT2D eigenvalue weighted by Crippen LogP contribution is 2.13. The minimum Gasteiger partial charge on any atom is -0.460 e. The van der Waals surface area contributed by atoms with Crippen molar-refractivity contribution in [1.29, 1.82) is 0 Å². The van der Waals surface area contributed by atoms with Crippen LogP contribution in [0.15, 0.2) is 25.3 Å². The molecule has 0 aromatic rings. The van der Waals surface area contributed by atoms with Gasteiger partial charge in [-0.3, -0.25) is 0 Å². The Morgan fingerprint density at radius 2 is 1.61 bits per heavy atom. The van der Waals surface area contributed by atoms with Gasteiger partial charge in [-0.15, -0.1) is 0 Å². The van der Waals surface area contributed by atoms with Crippen molar-refractivity contribution in [2.24, 2.45) is 0 Å². The first-order valence-electron chi connectivity index (χ1n) is 6.19. The fourth-order valence-electron chi connectivity index (χ4n) is 1.52. The summed E-state index contributed by atoms with van der Waals surface area (Å²) in [5.41, 5.74) is 0. The number of ether oxygens (including phenoxy) is 2. The van der Waals surface area contributed by atoms with Gasteiger partial charge in [0.15, 0.2) is 0 Å². The first kappa shape index (κ1) is 16.4. The Kier molecular flexibility index (Phi) is 8.62. The lowest BCUT2D eigenvalue weighted by molar-refractivity contribution is -0.146. The number of carbonyl (C=O) groups is 2. The summed E-state index contributed by atoms with van der Waals surface area (Å²) in [6.07, 6.45) is 4.97. The van der Waals surface area contributed by atoms with E-state index in [-0.39, 0.29) is 12.2 Å². The molecule has 0 aliphatic rings. The van der Waals surface area contributed by atoms with Gasteiger partial charge in [-0.25, -0.2) is 9.59 Å². The molecule has 0 N–H and O–H groups in total. The van der Waals surface area contributed by atoms with E-state index in [0.717, 1.165) is 25.0 Å². The predicted molar refractivity (Wildman–Crippen MR) is 70.0 cm³/mol. The van der Waals surface area contributed by atoms with Crippen LogP contribution >= 0.6 is 0 Å². The molecule has 0 aromatic heterocycles. The van der Waals surface area contributed by atoms with E-state index in [1.165, 1.54) is 0 Å². The van der Waals surface area contributed by atoms with E-state index < -0.39 is 11.9 Å². The molecule has 18 heavy (non-hydrogen) atoms. The molecule has 0 fully saturated rings. The first-order valence-corrected chi connectivity index (χ1v) is 6.19. The van der Waals surface area contributed by atoms with Crippen LogP contribution < -0.4 is 0 Å². The summed E-state index contributed by atoms with van der Waals surface area (Å²) in [6.45, 7) is 10.5. The molecule has 4 nitrogen and oxygen atoms in total. The number of esters is 2. The van der Waals surface area contributed by atoms with Crippen molar-refractivity contribution in [3.63, 3.8) is 0 Å². The third-order valence-electron chi connectivity index (χ3n) is 2.44. The van der Waals surface area contributed by atoms with E-state index >= 15 is 0 Å². The van der Waals surface area contributed by atoms with Crippen LogP contribution in [-0.2, 0) is 19.1 Å². The van der Waals surface area contributed by atoms with E-state index in [9.17, 15) is 9.59 Å². The van der Waals surface area contributed by atoms with Crippen molar-refractivity contribution in [1.82, 2.24) is 0 Å². The molecular weight excluding hydrogens is 232 g/mol. The number of carbonyl (C=O) groups excluding carboxylic acids is 2. The summed E-state index contributed by atoms with van der Waals surface area (Å²) >= 11 is 0. The SMILES string of the molecule is C=CC(=O)OC(C)CCC(CCC)OC(=O)C=C. The molecule has 0 aliphatic carbocycles. The van der Waals surface area contributed by atoms with E-state index in [1.807, 2.05) is 6.92 Å². The maximum atomic E-state index is 11.1. The highest BCUT2D eigenvalue weighted by Gasteiger charge is 2.15. The van der Waals surface area contributed by atoms with Gasteiger partial charge in [0.2, 0.25) is 0 Å². The van der Waals surface area contributed by atoms with E-state index in [4.69, 9.17) is 9.47 Å². The van der Waals surface area contributed by atoms with Crippen LogP contribution in [0.25, 0.3) is 0 Å². The molecule has 0 bridgehead atoms. The fraction of sp³-hybridized carbons (Fsp3) is 0.571. The summed E-state index contributed by atoms with van der Waals surface area (Å²) < 4.78 is 10.2. The van der Waals surface area contributed by atoms with Crippen LogP contribution in [-0.4, -0.2) is 24.1 Å². The second kappa shape index (κ2) is 9.45. The lowest BCUT2D eigenvalue weighted by Gasteiger charge is -2.18. The standard InChI is InChI=1S/C14H22O4/c1-5-8-12(18-14(16)7-3)10-9-11(4)17-13(15)6-2/h6-7,11-12H,2-3,5,8-10H2,1,4H3. The van der Waals surface area contributed by atoms with Gasteiger partial charge in [0.25, 0.3) is 0 Å². The molecule has 0 saturated carbocycles. The van der Waals surface area contributed by atoms with Gasteiger partial charge in [0, 0.05) is 12.2 Å². The average molecular weight is 254 g/mol. The van der Waals surface area contributed by atoms with Crippen LogP contribution in [0.5, 0.6) is 0 Å². The van der Waals surface area contributed by atoms with Crippen molar-refractivity contribution < 1.29 is 19.1 Å². The minimum atomic E-state index is -0.433. The summed E-state index contributed by atoms with van der Waals surface area (Å²) in [7, 11) is 0. The van der Waals surface area contributed by atoms with Crippen molar-refractivity contribution in [3.8, 4) is 0 Å². The van der Waals surface area contributed by atoms with E-state index in [2.05, 4.69) is 13.2 Å². The van der Waals surface area contributed by atoms with Crippen LogP contribution in [0.2, 0.25) is 0 Å². The molecule has 0 spiro atoms. The fourth-order valence-corrected chi connectivity index (χ4v) is 1.52. The van der Waals surface area contributed by atoms with Crippen LogP contribution in [0.4, 0.5) is 0 Å². The monoisotopic (exact) mass is 254 g/mol. The number of rotatable bonds is 9. The quantitative estimate of drug-likeness (QED) is 0.469. The Morgan fingerprint density at radius 1 is 1.06 bits per heavy atom. The zero-order valence-electron chi connectivity index (χ0n) is 11.2. The summed E-state index contributed by atoms with van der Waals surface area (Å²) in [6, 6.07) is 0. The molecule has 0 aromatic carbocycles. The van der Waals surface area contributed by atoms with Gasteiger partial charge in [-0.05, 0) is 26.2 Å². The van der Waals surface area contributed by atoms with Crippen molar-refractivity contribution >= 4 is 11.9 Å². The zero-order valence-corrected chi connectivity index (χ0v) is 11.2. The molecule has 2 unspecified atom stereocenters. The largest absolute Gasteiger partial charge is 0.460 e. The molecule has 2 atom stereocenters. The molecule has 102 valence electrons. The maximum absolute atomic E-state index is 11.1. The Labute approximate surface area is 109 Å². The zero-order chi connectivity index (χ0) is 14.0. The molecule has 0 heterocycles. The second-order valence-corrected chi connectivity index (χ2v) is 4.08. The maximum Gasteiger partial charge on any atom is 0.330 e. The molecular formula is C14H22O4. The van der Waals surface area contributed by atoms with Crippen molar-refractivity contribution in [3.05, 3.63) is 25.3 Å². The molecule has 4 heteroatoms. The summed E-state index contributed by atoms with van der Waals surface area (Å²) in [5.74, 6) is -0.846. The van der Waals surface area contributed by atoms with Gasteiger partial charge < -0.3 is 9.47 Å². The molecule has 0 radical (unpaired) electrons. The average Bonchev–Trinajstić information content (AvgIpc) is 2.35. The van der Waals surface area contributed by atoms with Gasteiger partial charge in [0.05, 0.1) is 6.10 Å². The number of hydrogen-bond acceptors (Lipinski definition) is 4. The predicted octanol–water partition coefficient (Wildman–Crippen LogP) is 2.78. The minimum absolute atomic E-state index is 0.148. The lowest BCUT2D eigenvalue weighted by Crippen LogP contribution is -2.20. The van der Waals surface area contributed by atoms with Gasteiger partial charge in [0.1, 0.15) is 6.10 Å². The molecule has 0 saturated heterocycles. The lowest BCUT2D eigenvalue weighted by atomic mass is 10.1. The van der Waals surface area contributed by atoms with Crippen molar-refractivity contribution in [2.45, 2.75) is 51.7 Å². The third kappa shape index (κ3) is 7.65. The molecule has 0 rings (SSSR count). The van der Waals surface area contributed by atoms with E-state index in [0.29, 0.717) is 12.8 Å². The highest BCUT2D eigenvalue weighted by molar-refractivity contribution is 5.81. The third-order valence-corrected chi connectivity index (χ3v) is 2.44. The van der Waals surface area contributed by atoms with Gasteiger partial charge >= 0.3 is 11.9 Å². The summed E-state index contributed by atoms with van der Waals surface area (Å²) in [5, 5.41) is 0. The Balaban J connectivity index is 4.08. The smallest absolute Gasteiger partial charge is 0.330 e. The Bertz CT molecular complexity index is 296. The second-order valence-electron chi connectivity index (χ2n) is 4.08. The van der Waals surface area contributed by atoms with E-state index in [1.54, 1.807) is 6.92 Å². The van der Waals surface area contributed by atoms with Crippen LogP contribution in [0.1, 0.15) is 39.5 Å². The van der Waals surface area contributed by atoms with Crippen LogP contribution in [0, 0.1) is 0 Å². The van der Waals surface area contributed by atoms with Crippen LogP contribution in [0.3, 0.4) is 0 Å². The van der Waals surface area contributed by atoms with Gasteiger partial charge in [-0.2, -0.15) is 0 Å². The Morgan fingerprint density at radius 3 is 2.11 bits per heavy atom. The molecule has 0 amide bonds.